The van der Waals surface area contributed by atoms with E-state index in [0.29, 0.717) is 13.1 Å². The van der Waals surface area contributed by atoms with E-state index in [9.17, 15) is 4.79 Å². The minimum absolute atomic E-state index is 0.182. The molecule has 6 rings (SSSR count). The molecule has 39 heavy (non-hydrogen) atoms. The van der Waals surface area contributed by atoms with Crippen LogP contribution in [0.3, 0.4) is 0 Å². The van der Waals surface area contributed by atoms with Crippen molar-refractivity contribution in [2.75, 3.05) is 24.5 Å². The highest BCUT2D eigenvalue weighted by Crippen LogP contribution is 2.31. The van der Waals surface area contributed by atoms with E-state index >= 15 is 0 Å². The number of anilines is 1. The van der Waals surface area contributed by atoms with Crippen molar-refractivity contribution in [3.63, 3.8) is 0 Å². The van der Waals surface area contributed by atoms with Crippen LogP contribution in [0.15, 0.2) is 79.4 Å². The molecule has 1 aliphatic heterocycles. The molecule has 1 fully saturated rings. The number of ether oxygens (including phenoxy) is 1. The molecule has 198 valence electrons. The highest BCUT2D eigenvalue weighted by Gasteiger charge is 2.30. The second-order valence-electron chi connectivity index (χ2n) is 11.1. The van der Waals surface area contributed by atoms with Gasteiger partial charge in [0.1, 0.15) is 5.60 Å². The zero-order valence-corrected chi connectivity index (χ0v) is 22.7. The van der Waals surface area contributed by atoms with Gasteiger partial charge >= 0.3 is 6.09 Å². The molecule has 1 saturated heterocycles. The third kappa shape index (κ3) is 4.90. The zero-order valence-electron chi connectivity index (χ0n) is 22.7. The second-order valence-corrected chi connectivity index (χ2v) is 11.1. The van der Waals surface area contributed by atoms with Gasteiger partial charge < -0.3 is 14.5 Å². The van der Waals surface area contributed by atoms with E-state index in [-0.39, 0.29) is 12.1 Å². The zero-order chi connectivity index (χ0) is 27.1. The number of aromatic nitrogens is 4. The summed E-state index contributed by atoms with van der Waals surface area (Å²) in [5.74, 6) is 0. The Morgan fingerprint density at radius 1 is 0.923 bits per heavy atom. The Kier molecular flexibility index (Phi) is 6.17. The number of nitrogens with zero attached hydrogens (tertiary/aromatic N) is 6. The first-order valence-electron chi connectivity index (χ1n) is 13.3. The number of fused-ring (bicyclic) bond motifs is 2. The maximum absolute atomic E-state index is 12.5. The van der Waals surface area contributed by atoms with Gasteiger partial charge in [-0.25, -0.2) is 14.3 Å². The Hall–Kier alpha value is -4.46. The molecule has 0 bridgehead atoms. The number of carbonyl (C=O) groups is 1. The number of piperazine rings is 1. The van der Waals surface area contributed by atoms with E-state index < -0.39 is 5.60 Å². The Bertz CT molecular complexity index is 1650. The van der Waals surface area contributed by atoms with Gasteiger partial charge in [-0.15, -0.1) is 0 Å². The number of para-hydroxylation sites is 1. The molecule has 0 aliphatic carbocycles. The molecular formula is C31H32N6O2. The smallest absolute Gasteiger partial charge is 0.410 e. The van der Waals surface area contributed by atoms with E-state index in [0.717, 1.165) is 51.0 Å². The molecule has 3 aromatic heterocycles. The van der Waals surface area contributed by atoms with Gasteiger partial charge in [0.05, 0.1) is 11.7 Å². The van der Waals surface area contributed by atoms with Crippen molar-refractivity contribution >= 4 is 28.3 Å². The van der Waals surface area contributed by atoms with Crippen molar-refractivity contribution in [1.82, 2.24) is 24.5 Å². The molecule has 0 spiro atoms. The van der Waals surface area contributed by atoms with Gasteiger partial charge in [-0.3, -0.25) is 4.98 Å². The molecule has 5 aromatic rings. The Labute approximate surface area is 227 Å². The summed E-state index contributed by atoms with van der Waals surface area (Å²) < 4.78 is 7.40. The average molecular weight is 521 g/mol. The number of carbonyl (C=O) groups excluding carboxylic acids is 1. The SMILES string of the molecule is C[C@H]1CN(C(=O)OC(C)(C)C)CCN1c1ccc(-c2cnc3c(-c4ccnc5ccccc45)cnn3c2)cc1. The molecule has 0 N–H and O–H groups in total. The number of hydrogen-bond donors (Lipinski definition) is 0. The predicted molar refractivity (Wildman–Crippen MR) is 154 cm³/mol. The second kappa shape index (κ2) is 9.69. The molecule has 1 aliphatic rings. The molecule has 0 radical (unpaired) electrons. The number of rotatable bonds is 3. The van der Waals surface area contributed by atoms with E-state index in [1.807, 2.05) is 74.3 Å². The fourth-order valence-electron chi connectivity index (χ4n) is 5.22. The van der Waals surface area contributed by atoms with Crippen molar-refractivity contribution in [3.05, 3.63) is 79.4 Å². The third-order valence-electron chi connectivity index (χ3n) is 7.11. The number of benzene rings is 2. The fourth-order valence-corrected chi connectivity index (χ4v) is 5.22. The minimum atomic E-state index is -0.490. The predicted octanol–water partition coefficient (Wildman–Crippen LogP) is 6.06. The largest absolute Gasteiger partial charge is 0.444 e. The first-order chi connectivity index (χ1) is 18.8. The van der Waals surface area contributed by atoms with E-state index in [4.69, 9.17) is 9.72 Å². The first kappa shape index (κ1) is 24.9. The molecule has 1 amide bonds. The van der Waals surface area contributed by atoms with Gasteiger partial charge in [-0.05, 0) is 63.1 Å². The first-order valence-corrected chi connectivity index (χ1v) is 13.3. The summed E-state index contributed by atoms with van der Waals surface area (Å²) in [4.78, 5) is 25.9. The molecular weight excluding hydrogens is 488 g/mol. The van der Waals surface area contributed by atoms with Crippen LogP contribution < -0.4 is 4.90 Å². The number of amides is 1. The lowest BCUT2D eigenvalue weighted by molar-refractivity contribution is 0.0219. The number of pyridine rings is 1. The lowest BCUT2D eigenvalue weighted by Crippen LogP contribution is -2.54. The Morgan fingerprint density at radius 3 is 2.49 bits per heavy atom. The van der Waals surface area contributed by atoms with Crippen LogP contribution in [0.1, 0.15) is 27.7 Å². The summed E-state index contributed by atoms with van der Waals surface area (Å²) in [6.07, 6.45) is 7.38. The van der Waals surface area contributed by atoms with Crippen molar-refractivity contribution in [1.29, 1.82) is 0 Å². The van der Waals surface area contributed by atoms with Gasteiger partial charge in [0, 0.05) is 66.5 Å². The molecule has 8 nitrogen and oxygen atoms in total. The van der Waals surface area contributed by atoms with Crippen molar-refractivity contribution in [2.45, 2.75) is 39.3 Å². The summed E-state index contributed by atoms with van der Waals surface area (Å²) in [6.45, 7) is 9.85. The molecule has 1 atom stereocenters. The lowest BCUT2D eigenvalue weighted by atomic mass is 10.0. The van der Waals surface area contributed by atoms with Crippen LogP contribution in [0.2, 0.25) is 0 Å². The van der Waals surface area contributed by atoms with Gasteiger partial charge in [0.15, 0.2) is 5.65 Å². The van der Waals surface area contributed by atoms with Crippen molar-refractivity contribution < 1.29 is 9.53 Å². The van der Waals surface area contributed by atoms with Crippen LogP contribution in [-0.2, 0) is 4.74 Å². The Balaban J connectivity index is 1.20. The van der Waals surface area contributed by atoms with Gasteiger partial charge in [0.2, 0.25) is 0 Å². The normalized spacial score (nSPS) is 16.2. The molecule has 8 heteroatoms. The number of hydrogen-bond acceptors (Lipinski definition) is 6. The van der Waals surface area contributed by atoms with Crippen LogP contribution in [0.25, 0.3) is 38.8 Å². The maximum atomic E-state index is 12.5. The van der Waals surface area contributed by atoms with Crippen LogP contribution in [-0.4, -0.2) is 61.9 Å². The molecule has 0 saturated carbocycles. The molecule has 2 aromatic carbocycles. The Morgan fingerprint density at radius 2 is 1.72 bits per heavy atom. The standard InChI is InChI=1S/C31H32N6O2/c1-21-19-35(30(38)39-31(2,3)4)15-16-36(21)24-11-9-22(10-12-24)23-17-33-29-27(18-34-37(29)20-23)25-13-14-32-28-8-6-5-7-26(25)28/h5-14,17-18,20-21H,15-16,19H2,1-4H3/t21-/m0/s1. The average Bonchev–Trinajstić information content (AvgIpc) is 3.35. The molecule has 4 heterocycles. The summed E-state index contributed by atoms with van der Waals surface area (Å²) in [5.41, 5.74) is 6.52. The van der Waals surface area contributed by atoms with E-state index in [2.05, 4.69) is 52.2 Å². The van der Waals surface area contributed by atoms with Gasteiger partial charge in [-0.2, -0.15) is 5.10 Å². The minimum Gasteiger partial charge on any atom is -0.444 e. The summed E-state index contributed by atoms with van der Waals surface area (Å²) >= 11 is 0. The third-order valence-corrected chi connectivity index (χ3v) is 7.11. The molecule has 0 unspecified atom stereocenters. The van der Waals surface area contributed by atoms with Gasteiger partial charge in [0.25, 0.3) is 0 Å². The van der Waals surface area contributed by atoms with Crippen LogP contribution in [0.5, 0.6) is 0 Å². The fraction of sp³-hybridized carbons (Fsp3) is 0.290. The quantitative estimate of drug-likeness (QED) is 0.288. The summed E-state index contributed by atoms with van der Waals surface area (Å²) in [5, 5.41) is 5.70. The van der Waals surface area contributed by atoms with Crippen molar-refractivity contribution in [2.24, 2.45) is 0 Å². The highest BCUT2D eigenvalue weighted by atomic mass is 16.6. The summed E-state index contributed by atoms with van der Waals surface area (Å²) in [7, 11) is 0. The van der Waals surface area contributed by atoms with Crippen LogP contribution >= 0.6 is 0 Å². The van der Waals surface area contributed by atoms with E-state index in [1.165, 1.54) is 0 Å². The monoisotopic (exact) mass is 520 g/mol. The lowest BCUT2D eigenvalue weighted by Gasteiger charge is -2.41. The van der Waals surface area contributed by atoms with Crippen LogP contribution in [0.4, 0.5) is 10.5 Å². The van der Waals surface area contributed by atoms with Crippen molar-refractivity contribution in [3.8, 4) is 22.3 Å². The summed E-state index contributed by atoms with van der Waals surface area (Å²) in [6, 6.07) is 18.8. The van der Waals surface area contributed by atoms with Gasteiger partial charge in [-0.1, -0.05) is 30.3 Å². The van der Waals surface area contributed by atoms with Crippen LogP contribution in [0, 0.1) is 0 Å². The highest BCUT2D eigenvalue weighted by molar-refractivity contribution is 5.97. The topological polar surface area (TPSA) is 75.9 Å². The maximum Gasteiger partial charge on any atom is 0.410 e. The van der Waals surface area contributed by atoms with E-state index in [1.54, 1.807) is 4.90 Å².